The van der Waals surface area contributed by atoms with Crippen molar-refractivity contribution < 1.29 is 9.53 Å². The zero-order chi connectivity index (χ0) is 15.4. The van der Waals surface area contributed by atoms with Crippen LogP contribution in [0.1, 0.15) is 20.9 Å². The second-order valence-corrected chi connectivity index (χ2v) is 5.86. The van der Waals surface area contributed by atoms with Gasteiger partial charge in [-0.3, -0.25) is 0 Å². The molecule has 8 heteroatoms. The monoisotopic (exact) mass is 322 g/mol. The zero-order valence-electron chi connectivity index (χ0n) is 11.8. The molecule has 0 spiro atoms. The largest absolute Gasteiger partial charge is 0.465 e. The maximum absolute atomic E-state index is 11.7. The van der Waals surface area contributed by atoms with Crippen LogP contribution in [0.25, 0.3) is 0 Å². The third kappa shape index (κ3) is 3.96. The van der Waals surface area contributed by atoms with Gasteiger partial charge >= 0.3 is 5.97 Å². The molecule has 0 aliphatic rings. The second-order valence-electron chi connectivity index (χ2n) is 4.19. The van der Waals surface area contributed by atoms with E-state index >= 15 is 0 Å². The van der Waals surface area contributed by atoms with Gasteiger partial charge in [-0.1, -0.05) is 0 Å². The van der Waals surface area contributed by atoms with E-state index in [4.69, 9.17) is 17.0 Å². The molecule has 0 saturated heterocycles. The van der Waals surface area contributed by atoms with E-state index in [2.05, 4.69) is 20.6 Å². The number of hydrogen-bond acceptors (Lipinski definition) is 6. The van der Waals surface area contributed by atoms with Crippen molar-refractivity contribution in [1.29, 1.82) is 0 Å². The van der Waals surface area contributed by atoms with Gasteiger partial charge in [-0.25, -0.2) is 14.8 Å². The Morgan fingerprint density at radius 1 is 1.38 bits per heavy atom. The molecule has 110 valence electrons. The summed E-state index contributed by atoms with van der Waals surface area (Å²) in [6.45, 7) is 3.77. The number of thiocarbonyl (C=S) groups is 1. The normalized spacial score (nSPS) is 10.0. The predicted octanol–water partition coefficient (Wildman–Crippen LogP) is 2.75. The third-order valence-electron chi connectivity index (χ3n) is 2.51. The summed E-state index contributed by atoms with van der Waals surface area (Å²) in [7, 11) is 1.34. The molecule has 2 aromatic heterocycles. The summed E-state index contributed by atoms with van der Waals surface area (Å²) in [5.41, 5.74) is 1.28. The van der Waals surface area contributed by atoms with Crippen LogP contribution in [0.15, 0.2) is 18.3 Å². The molecule has 6 nitrogen and oxygen atoms in total. The van der Waals surface area contributed by atoms with Crippen LogP contribution in [-0.4, -0.2) is 28.2 Å². The standard InChI is InChI=1S/C13H14N4O2S2/c1-7-4-5-14-12(15-7)17-13(20)16-10-9(11(18)19-3)6-8(2)21-10/h4-6H,1-3H3,(H2,14,15,16,17,20). The van der Waals surface area contributed by atoms with Crippen molar-refractivity contribution in [3.63, 3.8) is 0 Å². The van der Waals surface area contributed by atoms with E-state index in [0.717, 1.165) is 10.6 Å². The summed E-state index contributed by atoms with van der Waals surface area (Å²) in [5, 5.41) is 6.79. The average molecular weight is 322 g/mol. The molecule has 2 rings (SSSR count). The van der Waals surface area contributed by atoms with Crippen molar-refractivity contribution in [3.8, 4) is 0 Å². The number of anilines is 2. The van der Waals surface area contributed by atoms with Crippen LogP contribution in [0.3, 0.4) is 0 Å². The Labute approximate surface area is 131 Å². The first-order chi connectivity index (χ1) is 9.99. The maximum atomic E-state index is 11.7. The summed E-state index contributed by atoms with van der Waals surface area (Å²) in [5.74, 6) is -0.00292. The van der Waals surface area contributed by atoms with E-state index in [1.165, 1.54) is 18.4 Å². The molecule has 0 aromatic carbocycles. The van der Waals surface area contributed by atoms with Crippen LogP contribution < -0.4 is 10.6 Å². The Balaban J connectivity index is 2.11. The number of aryl methyl sites for hydroxylation is 2. The minimum absolute atomic E-state index is 0.313. The lowest BCUT2D eigenvalue weighted by atomic mass is 10.3. The highest BCUT2D eigenvalue weighted by atomic mass is 32.1. The Kier molecular flexibility index (Phi) is 4.81. The number of nitrogens with zero attached hydrogens (tertiary/aromatic N) is 2. The maximum Gasteiger partial charge on any atom is 0.340 e. The smallest absolute Gasteiger partial charge is 0.340 e. The summed E-state index contributed by atoms with van der Waals surface area (Å²) >= 11 is 6.63. The summed E-state index contributed by atoms with van der Waals surface area (Å²) in [6, 6.07) is 3.55. The number of hydrogen-bond donors (Lipinski definition) is 2. The molecule has 2 N–H and O–H groups in total. The molecule has 0 aliphatic heterocycles. The summed E-state index contributed by atoms with van der Waals surface area (Å²) in [4.78, 5) is 20.9. The molecule has 2 heterocycles. The van der Waals surface area contributed by atoms with Crippen LogP contribution in [0.5, 0.6) is 0 Å². The molecule has 0 bridgehead atoms. The molecule has 0 aliphatic carbocycles. The number of methoxy groups -OCH3 is 1. The molecule has 0 fully saturated rings. The fourth-order valence-electron chi connectivity index (χ4n) is 1.61. The van der Waals surface area contributed by atoms with Gasteiger partial charge in [0.25, 0.3) is 0 Å². The van der Waals surface area contributed by atoms with Crippen LogP contribution in [0.2, 0.25) is 0 Å². The highest BCUT2D eigenvalue weighted by Crippen LogP contribution is 2.28. The number of aromatic nitrogens is 2. The van der Waals surface area contributed by atoms with Crippen molar-refractivity contribution in [2.45, 2.75) is 13.8 Å². The van der Waals surface area contributed by atoms with Crippen LogP contribution >= 0.6 is 23.6 Å². The molecule has 21 heavy (non-hydrogen) atoms. The number of carbonyl (C=O) groups is 1. The number of nitrogens with one attached hydrogen (secondary N) is 2. The Hall–Kier alpha value is -2.06. The summed E-state index contributed by atoms with van der Waals surface area (Å²) < 4.78 is 4.75. The first-order valence-electron chi connectivity index (χ1n) is 6.06. The molecule has 0 unspecified atom stereocenters. The molecule has 0 saturated carbocycles. The number of thiophene rings is 1. The van der Waals surface area contributed by atoms with E-state index < -0.39 is 5.97 Å². The lowest BCUT2D eigenvalue weighted by Crippen LogP contribution is -2.21. The topological polar surface area (TPSA) is 76.1 Å². The van der Waals surface area contributed by atoms with Crippen molar-refractivity contribution in [3.05, 3.63) is 34.5 Å². The van der Waals surface area contributed by atoms with Crippen molar-refractivity contribution in [2.24, 2.45) is 0 Å². The van der Waals surface area contributed by atoms with Gasteiger partial charge in [0.15, 0.2) is 5.11 Å². The van der Waals surface area contributed by atoms with Gasteiger partial charge in [0.05, 0.1) is 12.7 Å². The minimum atomic E-state index is -0.406. The van der Waals surface area contributed by atoms with Crippen molar-refractivity contribution in [2.75, 3.05) is 17.7 Å². The van der Waals surface area contributed by atoms with Crippen LogP contribution in [0.4, 0.5) is 10.9 Å². The Morgan fingerprint density at radius 3 is 2.81 bits per heavy atom. The average Bonchev–Trinajstić information content (AvgIpc) is 2.78. The van der Waals surface area contributed by atoms with Gasteiger partial charge in [-0.2, -0.15) is 0 Å². The molecule has 0 radical (unpaired) electrons. The van der Waals surface area contributed by atoms with Crippen molar-refractivity contribution in [1.82, 2.24) is 9.97 Å². The van der Waals surface area contributed by atoms with E-state index in [0.29, 0.717) is 21.6 Å². The highest BCUT2D eigenvalue weighted by Gasteiger charge is 2.16. The van der Waals surface area contributed by atoms with Crippen molar-refractivity contribution >= 4 is 45.6 Å². The van der Waals surface area contributed by atoms with E-state index in [9.17, 15) is 4.79 Å². The Morgan fingerprint density at radius 2 is 2.14 bits per heavy atom. The van der Waals surface area contributed by atoms with Gasteiger partial charge in [0, 0.05) is 16.8 Å². The zero-order valence-corrected chi connectivity index (χ0v) is 13.4. The van der Waals surface area contributed by atoms with Crippen LogP contribution in [-0.2, 0) is 4.74 Å². The lowest BCUT2D eigenvalue weighted by Gasteiger charge is -2.09. The van der Waals surface area contributed by atoms with Crippen LogP contribution in [0, 0.1) is 13.8 Å². The minimum Gasteiger partial charge on any atom is -0.465 e. The van der Waals surface area contributed by atoms with Gasteiger partial charge in [0.2, 0.25) is 5.95 Å². The van der Waals surface area contributed by atoms with E-state index in [-0.39, 0.29) is 0 Å². The number of rotatable bonds is 3. The molecule has 0 amide bonds. The number of esters is 1. The molecule has 0 atom stereocenters. The highest BCUT2D eigenvalue weighted by molar-refractivity contribution is 7.80. The Bertz CT molecular complexity index is 685. The molecule has 2 aromatic rings. The van der Waals surface area contributed by atoms with Gasteiger partial charge in [-0.15, -0.1) is 11.3 Å². The quantitative estimate of drug-likeness (QED) is 0.664. The first kappa shape index (κ1) is 15.3. The summed E-state index contributed by atoms with van der Waals surface area (Å²) in [6.07, 6.45) is 1.64. The SMILES string of the molecule is COC(=O)c1cc(C)sc1NC(=S)Nc1nccc(C)n1. The molecular formula is C13H14N4O2S2. The first-order valence-corrected chi connectivity index (χ1v) is 7.28. The fourth-order valence-corrected chi connectivity index (χ4v) is 2.78. The lowest BCUT2D eigenvalue weighted by molar-refractivity contribution is 0.0602. The number of ether oxygens (including phenoxy) is 1. The van der Waals surface area contributed by atoms with E-state index in [1.807, 2.05) is 13.8 Å². The van der Waals surface area contributed by atoms with Gasteiger partial charge in [0.1, 0.15) is 5.00 Å². The van der Waals surface area contributed by atoms with Gasteiger partial charge in [-0.05, 0) is 38.2 Å². The fraction of sp³-hybridized carbons (Fsp3) is 0.231. The number of carbonyl (C=O) groups excluding carboxylic acids is 1. The second kappa shape index (κ2) is 6.59. The van der Waals surface area contributed by atoms with Gasteiger partial charge < -0.3 is 15.4 Å². The van der Waals surface area contributed by atoms with E-state index in [1.54, 1.807) is 18.3 Å². The third-order valence-corrected chi connectivity index (χ3v) is 3.68. The predicted molar refractivity (Wildman–Crippen MR) is 87.0 cm³/mol. The molecular weight excluding hydrogens is 308 g/mol.